The van der Waals surface area contributed by atoms with E-state index in [0.717, 1.165) is 29.9 Å². The predicted octanol–water partition coefficient (Wildman–Crippen LogP) is 2.25. The molecule has 1 atom stereocenters. The molecule has 0 aliphatic rings. The number of hydrogen-bond acceptors (Lipinski definition) is 6. The maximum atomic E-state index is 6.03. The summed E-state index contributed by atoms with van der Waals surface area (Å²) in [5, 5.41) is 7.69. The number of nitrogens with two attached hydrogens (primary N) is 1. The lowest BCUT2D eigenvalue weighted by molar-refractivity contribution is 0.256. The Balaban J connectivity index is 2.13. The molecule has 21 heavy (non-hydrogen) atoms. The molecule has 6 nitrogen and oxygen atoms in total. The first-order chi connectivity index (χ1) is 10.1. The molecule has 0 aliphatic carbocycles. The van der Waals surface area contributed by atoms with Crippen molar-refractivity contribution in [2.75, 3.05) is 7.11 Å². The van der Waals surface area contributed by atoms with Gasteiger partial charge in [-0.05, 0) is 24.5 Å². The highest BCUT2D eigenvalue weighted by Gasteiger charge is 2.11. The van der Waals surface area contributed by atoms with Gasteiger partial charge in [-0.25, -0.2) is 0 Å². The lowest BCUT2D eigenvalue weighted by atomic mass is 10.0. The molecule has 2 N–H and O–H groups in total. The zero-order valence-corrected chi connectivity index (χ0v) is 12.6. The second-order valence-electron chi connectivity index (χ2n) is 4.85. The average Bonchev–Trinajstić information content (AvgIpc) is 2.91. The minimum atomic E-state index is 0.103. The van der Waals surface area contributed by atoms with Crippen molar-refractivity contribution in [1.82, 2.24) is 10.2 Å². The molecular weight excluding hydrogens is 270 g/mol. The van der Waals surface area contributed by atoms with Crippen molar-refractivity contribution >= 4 is 0 Å². The second kappa shape index (κ2) is 7.08. The largest absolute Gasteiger partial charge is 0.497 e. The van der Waals surface area contributed by atoms with Crippen LogP contribution < -0.4 is 15.2 Å². The summed E-state index contributed by atoms with van der Waals surface area (Å²) in [4.78, 5) is 0. The molecule has 0 radical (unpaired) electrons. The van der Waals surface area contributed by atoms with Crippen LogP contribution in [0.3, 0.4) is 0 Å². The van der Waals surface area contributed by atoms with E-state index in [1.165, 1.54) is 0 Å². The van der Waals surface area contributed by atoms with Crippen LogP contribution in [-0.4, -0.2) is 23.3 Å². The van der Waals surface area contributed by atoms with Gasteiger partial charge in [-0.2, -0.15) is 0 Å². The van der Waals surface area contributed by atoms with E-state index in [9.17, 15) is 0 Å². The van der Waals surface area contributed by atoms with Crippen molar-refractivity contribution in [2.45, 2.75) is 39.3 Å². The maximum absolute atomic E-state index is 6.03. The predicted molar refractivity (Wildman–Crippen MR) is 78.3 cm³/mol. The van der Waals surface area contributed by atoms with Crippen LogP contribution in [-0.2, 0) is 13.0 Å². The van der Waals surface area contributed by atoms with E-state index in [-0.39, 0.29) is 12.6 Å². The van der Waals surface area contributed by atoms with E-state index in [2.05, 4.69) is 17.1 Å². The SMILES string of the molecule is CCC(N)Cc1ccc(OC)cc1OCc1nnc(C)o1. The Hall–Kier alpha value is -2.08. The first kappa shape index (κ1) is 15.3. The number of rotatable bonds is 7. The van der Waals surface area contributed by atoms with Gasteiger partial charge in [0.15, 0.2) is 6.61 Å². The Morgan fingerprint density at radius 2 is 2.14 bits per heavy atom. The van der Waals surface area contributed by atoms with Gasteiger partial charge in [0.1, 0.15) is 11.5 Å². The lowest BCUT2D eigenvalue weighted by Gasteiger charge is -2.14. The summed E-state index contributed by atoms with van der Waals surface area (Å²) < 4.78 is 16.3. The third-order valence-corrected chi connectivity index (χ3v) is 3.20. The van der Waals surface area contributed by atoms with Gasteiger partial charge in [-0.15, -0.1) is 10.2 Å². The van der Waals surface area contributed by atoms with Crippen LogP contribution in [0.25, 0.3) is 0 Å². The normalized spacial score (nSPS) is 12.2. The molecule has 0 aliphatic heterocycles. The Kier molecular flexibility index (Phi) is 5.16. The molecule has 2 rings (SSSR count). The molecule has 2 aromatic rings. The molecule has 0 saturated carbocycles. The minimum Gasteiger partial charge on any atom is -0.497 e. The smallest absolute Gasteiger partial charge is 0.253 e. The van der Waals surface area contributed by atoms with Gasteiger partial charge in [0.05, 0.1) is 7.11 Å². The molecule has 0 spiro atoms. The maximum Gasteiger partial charge on any atom is 0.253 e. The summed E-state index contributed by atoms with van der Waals surface area (Å²) >= 11 is 0. The van der Waals surface area contributed by atoms with Crippen molar-refractivity contribution in [1.29, 1.82) is 0 Å². The molecule has 1 aromatic carbocycles. The Morgan fingerprint density at radius 1 is 1.33 bits per heavy atom. The molecule has 1 unspecified atom stereocenters. The van der Waals surface area contributed by atoms with Crippen LogP contribution in [0, 0.1) is 6.92 Å². The third kappa shape index (κ3) is 4.19. The summed E-state index contributed by atoms with van der Waals surface area (Å²) in [6.45, 7) is 4.03. The fraction of sp³-hybridized carbons (Fsp3) is 0.467. The Morgan fingerprint density at radius 3 is 2.76 bits per heavy atom. The van der Waals surface area contributed by atoms with Gasteiger partial charge in [0, 0.05) is 19.0 Å². The van der Waals surface area contributed by atoms with Gasteiger partial charge in [0.2, 0.25) is 5.89 Å². The lowest BCUT2D eigenvalue weighted by Crippen LogP contribution is -2.21. The first-order valence-corrected chi connectivity index (χ1v) is 6.96. The van der Waals surface area contributed by atoms with Crippen molar-refractivity contribution in [2.24, 2.45) is 5.73 Å². The fourth-order valence-corrected chi connectivity index (χ4v) is 1.93. The standard InChI is InChI=1S/C15H21N3O3/c1-4-12(16)7-11-5-6-13(19-3)8-14(11)20-9-15-18-17-10(2)21-15/h5-6,8,12H,4,7,9,16H2,1-3H3. The topological polar surface area (TPSA) is 83.4 Å². The summed E-state index contributed by atoms with van der Waals surface area (Å²) in [5.41, 5.74) is 7.07. The Labute approximate surface area is 124 Å². The van der Waals surface area contributed by atoms with Gasteiger partial charge in [-0.1, -0.05) is 13.0 Å². The quantitative estimate of drug-likeness (QED) is 0.842. The van der Waals surface area contributed by atoms with Crippen molar-refractivity contribution in [3.63, 3.8) is 0 Å². The molecule has 0 bridgehead atoms. The number of aryl methyl sites for hydroxylation is 1. The zero-order chi connectivity index (χ0) is 15.2. The summed E-state index contributed by atoms with van der Waals surface area (Å²) in [6.07, 6.45) is 1.66. The number of methoxy groups -OCH3 is 1. The molecule has 6 heteroatoms. The molecule has 114 valence electrons. The fourth-order valence-electron chi connectivity index (χ4n) is 1.93. The van der Waals surface area contributed by atoms with Crippen molar-refractivity contribution in [3.05, 3.63) is 35.5 Å². The molecule has 1 heterocycles. The molecule has 0 fully saturated rings. The molecule has 0 saturated heterocycles. The van der Waals surface area contributed by atoms with Crippen molar-refractivity contribution in [3.8, 4) is 11.5 Å². The van der Waals surface area contributed by atoms with Gasteiger partial charge >= 0.3 is 0 Å². The zero-order valence-electron chi connectivity index (χ0n) is 12.6. The van der Waals surface area contributed by atoms with Gasteiger partial charge in [0.25, 0.3) is 5.89 Å². The van der Waals surface area contributed by atoms with Crippen LogP contribution in [0.15, 0.2) is 22.6 Å². The number of benzene rings is 1. The molecule has 0 amide bonds. The van der Waals surface area contributed by atoms with E-state index in [1.807, 2.05) is 18.2 Å². The van der Waals surface area contributed by atoms with E-state index in [4.69, 9.17) is 19.6 Å². The summed E-state index contributed by atoms with van der Waals surface area (Å²) in [5.74, 6) is 2.43. The second-order valence-corrected chi connectivity index (χ2v) is 4.85. The van der Waals surface area contributed by atoms with Gasteiger partial charge in [-0.3, -0.25) is 0 Å². The number of hydrogen-bond donors (Lipinski definition) is 1. The van der Waals surface area contributed by atoms with E-state index < -0.39 is 0 Å². The number of aromatic nitrogens is 2. The van der Waals surface area contributed by atoms with E-state index >= 15 is 0 Å². The highest BCUT2D eigenvalue weighted by Crippen LogP contribution is 2.27. The summed E-state index contributed by atoms with van der Waals surface area (Å²) in [7, 11) is 1.62. The van der Waals surface area contributed by atoms with Crippen LogP contribution >= 0.6 is 0 Å². The van der Waals surface area contributed by atoms with Crippen LogP contribution in [0.5, 0.6) is 11.5 Å². The highest BCUT2D eigenvalue weighted by molar-refractivity contribution is 5.41. The third-order valence-electron chi connectivity index (χ3n) is 3.20. The highest BCUT2D eigenvalue weighted by atomic mass is 16.5. The molecule has 1 aromatic heterocycles. The monoisotopic (exact) mass is 291 g/mol. The van der Waals surface area contributed by atoms with E-state index in [1.54, 1.807) is 14.0 Å². The Bertz CT molecular complexity index is 583. The van der Waals surface area contributed by atoms with Gasteiger partial charge < -0.3 is 19.6 Å². The van der Waals surface area contributed by atoms with E-state index in [0.29, 0.717) is 11.8 Å². The van der Waals surface area contributed by atoms with Crippen molar-refractivity contribution < 1.29 is 13.9 Å². The minimum absolute atomic E-state index is 0.103. The molecular formula is C15H21N3O3. The average molecular weight is 291 g/mol. The van der Waals surface area contributed by atoms with Crippen LogP contribution in [0.1, 0.15) is 30.7 Å². The van der Waals surface area contributed by atoms with Crippen LogP contribution in [0.2, 0.25) is 0 Å². The van der Waals surface area contributed by atoms with Crippen LogP contribution in [0.4, 0.5) is 0 Å². The summed E-state index contributed by atoms with van der Waals surface area (Å²) in [6, 6.07) is 5.83. The number of nitrogens with zero attached hydrogens (tertiary/aromatic N) is 2. The first-order valence-electron chi connectivity index (χ1n) is 6.96. The number of ether oxygens (including phenoxy) is 2.